The molecule has 0 radical (unpaired) electrons. The molecule has 0 aliphatic carbocycles. The minimum Gasteiger partial charge on any atom is -0.382 e. The summed E-state index contributed by atoms with van der Waals surface area (Å²) < 4.78 is 10.4. The van der Waals surface area contributed by atoms with Crippen molar-refractivity contribution in [2.24, 2.45) is 0 Å². The van der Waals surface area contributed by atoms with Crippen molar-refractivity contribution < 1.29 is 19.1 Å². The van der Waals surface area contributed by atoms with Crippen molar-refractivity contribution in [2.75, 3.05) is 47.0 Å². The van der Waals surface area contributed by atoms with Gasteiger partial charge in [-0.3, -0.25) is 9.59 Å². The van der Waals surface area contributed by atoms with E-state index in [0.717, 1.165) is 13.0 Å². The molecule has 0 fully saturated rings. The normalized spacial score (nSPS) is 12.0. The van der Waals surface area contributed by atoms with E-state index < -0.39 is 0 Å². The van der Waals surface area contributed by atoms with Crippen molar-refractivity contribution in [1.82, 2.24) is 16.0 Å². The fourth-order valence-electron chi connectivity index (χ4n) is 1.74. The summed E-state index contributed by atoms with van der Waals surface area (Å²) in [7, 11) is 3.47. The summed E-state index contributed by atoms with van der Waals surface area (Å²) in [6.45, 7) is 5.05. The minimum atomic E-state index is -0.0212. The molecule has 0 aliphatic heterocycles. The predicted molar refractivity (Wildman–Crippen MR) is 85.7 cm³/mol. The fraction of sp³-hybridized carbons (Fsp3) is 0.867. The van der Waals surface area contributed by atoms with Gasteiger partial charge in [-0.2, -0.15) is 0 Å². The Morgan fingerprint density at radius 2 is 1.64 bits per heavy atom. The van der Waals surface area contributed by atoms with Gasteiger partial charge in [0.1, 0.15) is 0 Å². The van der Waals surface area contributed by atoms with E-state index in [9.17, 15) is 9.59 Å². The van der Waals surface area contributed by atoms with Crippen molar-refractivity contribution in [3.05, 3.63) is 0 Å². The quantitative estimate of drug-likeness (QED) is 0.394. The lowest BCUT2D eigenvalue weighted by Crippen LogP contribution is -2.31. The molecule has 0 aliphatic rings. The molecule has 130 valence electrons. The third-order valence-corrected chi connectivity index (χ3v) is 3.07. The number of amides is 2. The number of hydrogen-bond acceptors (Lipinski definition) is 5. The van der Waals surface area contributed by atoms with Crippen LogP contribution in [0.25, 0.3) is 0 Å². The first-order valence-electron chi connectivity index (χ1n) is 7.88. The van der Waals surface area contributed by atoms with Crippen LogP contribution in [0.5, 0.6) is 0 Å². The first kappa shape index (κ1) is 20.8. The molecule has 0 saturated carbocycles. The van der Waals surface area contributed by atoms with Crippen LogP contribution in [0.3, 0.4) is 0 Å². The van der Waals surface area contributed by atoms with Crippen molar-refractivity contribution >= 4 is 11.8 Å². The number of likely N-dealkylation sites (N-methyl/N-ethyl adjacent to an activating group) is 1. The zero-order chi connectivity index (χ0) is 16.6. The van der Waals surface area contributed by atoms with Crippen LogP contribution >= 0.6 is 0 Å². The highest BCUT2D eigenvalue weighted by Crippen LogP contribution is 1.98. The molecule has 1 atom stereocenters. The standard InChI is InChI=1S/C15H31N3O4/c1-13(22-12-11-21-3)7-8-17-14(19)5-4-6-15(20)18-10-9-16-2/h13,16H,4-12H2,1-3H3,(H,17,19)(H,18,20). The number of ether oxygens (including phenoxy) is 2. The summed E-state index contributed by atoms with van der Waals surface area (Å²) >= 11 is 0. The second kappa shape index (κ2) is 14.7. The maximum absolute atomic E-state index is 11.6. The van der Waals surface area contributed by atoms with Gasteiger partial charge in [-0.25, -0.2) is 0 Å². The average molecular weight is 317 g/mol. The van der Waals surface area contributed by atoms with Crippen LogP contribution < -0.4 is 16.0 Å². The molecule has 1 unspecified atom stereocenters. The Balaban J connectivity index is 3.47. The van der Waals surface area contributed by atoms with E-state index >= 15 is 0 Å². The Kier molecular flexibility index (Phi) is 14.0. The average Bonchev–Trinajstić information content (AvgIpc) is 2.48. The van der Waals surface area contributed by atoms with E-state index in [0.29, 0.717) is 45.6 Å². The molecule has 22 heavy (non-hydrogen) atoms. The third kappa shape index (κ3) is 13.8. The first-order chi connectivity index (χ1) is 10.6. The Morgan fingerprint density at radius 3 is 2.23 bits per heavy atom. The minimum absolute atomic E-state index is 0.0109. The van der Waals surface area contributed by atoms with Crippen LogP contribution in [0.15, 0.2) is 0 Å². The highest BCUT2D eigenvalue weighted by Gasteiger charge is 2.06. The summed E-state index contributed by atoms with van der Waals surface area (Å²) in [5.74, 6) is -0.0321. The lowest BCUT2D eigenvalue weighted by Gasteiger charge is -2.13. The molecule has 7 heteroatoms. The lowest BCUT2D eigenvalue weighted by atomic mass is 10.2. The number of rotatable bonds is 14. The van der Waals surface area contributed by atoms with Gasteiger partial charge in [0, 0.05) is 39.6 Å². The van der Waals surface area contributed by atoms with Crippen LogP contribution in [-0.2, 0) is 19.1 Å². The molecular weight excluding hydrogens is 286 g/mol. The highest BCUT2D eigenvalue weighted by atomic mass is 16.5. The van der Waals surface area contributed by atoms with Gasteiger partial charge in [-0.05, 0) is 26.8 Å². The molecule has 0 saturated heterocycles. The fourth-order valence-corrected chi connectivity index (χ4v) is 1.74. The Bertz CT molecular complexity index is 301. The van der Waals surface area contributed by atoms with Gasteiger partial charge in [0.05, 0.1) is 19.3 Å². The number of hydrogen-bond donors (Lipinski definition) is 3. The van der Waals surface area contributed by atoms with Crippen LogP contribution in [0, 0.1) is 0 Å². The Hall–Kier alpha value is -1.18. The van der Waals surface area contributed by atoms with Gasteiger partial charge in [-0.15, -0.1) is 0 Å². The second-order valence-electron chi connectivity index (χ2n) is 5.12. The van der Waals surface area contributed by atoms with Crippen molar-refractivity contribution in [3.8, 4) is 0 Å². The van der Waals surface area contributed by atoms with Crippen molar-refractivity contribution in [2.45, 2.75) is 38.7 Å². The van der Waals surface area contributed by atoms with Gasteiger partial charge in [0.25, 0.3) is 0 Å². The van der Waals surface area contributed by atoms with E-state index in [1.807, 2.05) is 14.0 Å². The summed E-state index contributed by atoms with van der Waals surface area (Å²) in [6, 6.07) is 0. The molecule has 2 amide bonds. The van der Waals surface area contributed by atoms with Crippen LogP contribution in [-0.4, -0.2) is 64.9 Å². The molecule has 0 bridgehead atoms. The maximum atomic E-state index is 11.6. The van der Waals surface area contributed by atoms with Gasteiger partial charge in [0.2, 0.25) is 11.8 Å². The van der Waals surface area contributed by atoms with Crippen LogP contribution in [0.2, 0.25) is 0 Å². The SMILES string of the molecule is CNCCNC(=O)CCCC(=O)NCCC(C)OCCOC. The lowest BCUT2D eigenvalue weighted by molar-refractivity contribution is -0.122. The molecule has 0 rings (SSSR count). The third-order valence-electron chi connectivity index (χ3n) is 3.07. The number of nitrogens with one attached hydrogen (secondary N) is 3. The molecule has 0 aromatic heterocycles. The van der Waals surface area contributed by atoms with E-state index in [4.69, 9.17) is 9.47 Å². The van der Waals surface area contributed by atoms with E-state index in [1.54, 1.807) is 7.11 Å². The summed E-state index contributed by atoms with van der Waals surface area (Å²) in [6.07, 6.45) is 2.18. The van der Waals surface area contributed by atoms with Gasteiger partial charge >= 0.3 is 0 Å². The molecule has 0 heterocycles. The van der Waals surface area contributed by atoms with Crippen molar-refractivity contribution in [1.29, 1.82) is 0 Å². The van der Waals surface area contributed by atoms with Gasteiger partial charge in [-0.1, -0.05) is 0 Å². The number of carbonyl (C=O) groups excluding carboxylic acids is 2. The summed E-state index contributed by atoms with van der Waals surface area (Å²) in [5.41, 5.74) is 0. The predicted octanol–water partition coefficient (Wildman–Crippen LogP) is 0.0501. The molecule has 0 aromatic carbocycles. The second-order valence-corrected chi connectivity index (χ2v) is 5.12. The first-order valence-corrected chi connectivity index (χ1v) is 7.88. The molecule has 7 nitrogen and oxygen atoms in total. The Labute approximate surface area is 133 Å². The molecule has 0 aromatic rings. The molecule has 3 N–H and O–H groups in total. The highest BCUT2D eigenvalue weighted by molar-refractivity contribution is 5.78. The van der Waals surface area contributed by atoms with Crippen LogP contribution in [0.1, 0.15) is 32.6 Å². The zero-order valence-corrected chi connectivity index (χ0v) is 14.1. The zero-order valence-electron chi connectivity index (χ0n) is 14.1. The van der Waals surface area contributed by atoms with E-state index in [2.05, 4.69) is 16.0 Å². The van der Waals surface area contributed by atoms with Gasteiger partial charge < -0.3 is 25.4 Å². The molecular formula is C15H31N3O4. The molecule has 0 spiro atoms. The maximum Gasteiger partial charge on any atom is 0.220 e. The Morgan fingerprint density at radius 1 is 1.00 bits per heavy atom. The monoisotopic (exact) mass is 317 g/mol. The number of methoxy groups -OCH3 is 1. The largest absolute Gasteiger partial charge is 0.382 e. The van der Waals surface area contributed by atoms with Crippen molar-refractivity contribution in [3.63, 3.8) is 0 Å². The smallest absolute Gasteiger partial charge is 0.220 e. The summed E-state index contributed by atoms with van der Waals surface area (Å²) in [5, 5.41) is 8.57. The van der Waals surface area contributed by atoms with Gasteiger partial charge in [0.15, 0.2) is 0 Å². The van der Waals surface area contributed by atoms with E-state index in [-0.39, 0.29) is 17.9 Å². The number of carbonyl (C=O) groups is 2. The van der Waals surface area contributed by atoms with Crippen LogP contribution in [0.4, 0.5) is 0 Å². The topological polar surface area (TPSA) is 88.7 Å². The summed E-state index contributed by atoms with van der Waals surface area (Å²) in [4.78, 5) is 23.0. The van der Waals surface area contributed by atoms with E-state index in [1.165, 1.54) is 0 Å².